The van der Waals surface area contributed by atoms with Crippen LogP contribution in [0.25, 0.3) is 0 Å². The van der Waals surface area contributed by atoms with E-state index in [1.54, 1.807) is 6.92 Å². The highest BCUT2D eigenvalue weighted by Gasteiger charge is 2.27. The fraction of sp³-hybridized carbons (Fsp3) is 0.462. The molecule has 1 amide bonds. The minimum Gasteiger partial charge on any atom is -0.339 e. The highest BCUT2D eigenvalue weighted by Crippen LogP contribution is 2.30. The van der Waals surface area contributed by atoms with Crippen molar-refractivity contribution in [1.29, 1.82) is 0 Å². The van der Waals surface area contributed by atoms with Gasteiger partial charge in [0.2, 0.25) is 0 Å². The zero-order valence-corrected chi connectivity index (χ0v) is 10.0. The lowest BCUT2D eigenvalue weighted by Crippen LogP contribution is -2.32. The molecule has 1 aromatic carbocycles. The van der Waals surface area contributed by atoms with Gasteiger partial charge in [-0.05, 0) is 37.8 Å². The number of benzene rings is 1. The average molecular weight is 257 g/mol. The van der Waals surface area contributed by atoms with Crippen molar-refractivity contribution in [2.75, 3.05) is 13.1 Å². The van der Waals surface area contributed by atoms with Crippen molar-refractivity contribution in [1.82, 2.24) is 4.90 Å². The zero-order chi connectivity index (χ0) is 13.3. The third kappa shape index (κ3) is 2.66. The van der Waals surface area contributed by atoms with E-state index < -0.39 is 23.4 Å². The SMILES string of the molecule is CCN(CC1CC1)C(=O)c1cc(F)c(F)c(F)c1. The smallest absolute Gasteiger partial charge is 0.254 e. The van der Waals surface area contributed by atoms with Crippen molar-refractivity contribution < 1.29 is 18.0 Å². The van der Waals surface area contributed by atoms with Crippen LogP contribution in [0, 0.1) is 23.4 Å². The molecule has 0 spiro atoms. The molecule has 0 bridgehead atoms. The number of hydrogen-bond donors (Lipinski definition) is 0. The minimum absolute atomic E-state index is 0.145. The van der Waals surface area contributed by atoms with Gasteiger partial charge in [0, 0.05) is 18.7 Å². The van der Waals surface area contributed by atoms with E-state index in [4.69, 9.17) is 0 Å². The molecular weight excluding hydrogens is 243 g/mol. The first-order valence-corrected chi connectivity index (χ1v) is 5.96. The van der Waals surface area contributed by atoms with Crippen molar-refractivity contribution in [2.24, 2.45) is 5.92 Å². The first-order valence-electron chi connectivity index (χ1n) is 5.96. The average Bonchev–Trinajstić information content (AvgIpc) is 3.15. The number of amides is 1. The van der Waals surface area contributed by atoms with Crippen LogP contribution in [-0.4, -0.2) is 23.9 Å². The number of carbonyl (C=O) groups excluding carboxylic acids is 1. The Labute approximate surface area is 103 Å². The summed E-state index contributed by atoms with van der Waals surface area (Å²) in [6.07, 6.45) is 2.16. The molecule has 18 heavy (non-hydrogen) atoms. The lowest BCUT2D eigenvalue weighted by atomic mass is 10.1. The first kappa shape index (κ1) is 12.9. The molecule has 1 fully saturated rings. The molecule has 0 radical (unpaired) electrons. The summed E-state index contributed by atoms with van der Waals surface area (Å²) in [6, 6.07) is 1.49. The molecule has 1 saturated carbocycles. The van der Waals surface area contributed by atoms with Gasteiger partial charge in [0.05, 0.1) is 0 Å². The summed E-state index contributed by atoms with van der Waals surface area (Å²) >= 11 is 0. The van der Waals surface area contributed by atoms with E-state index in [0.717, 1.165) is 25.0 Å². The van der Waals surface area contributed by atoms with Crippen LogP contribution in [0.4, 0.5) is 13.2 Å². The fourth-order valence-corrected chi connectivity index (χ4v) is 1.83. The normalized spacial score (nSPS) is 14.7. The maximum absolute atomic E-state index is 13.1. The van der Waals surface area contributed by atoms with Gasteiger partial charge in [0.25, 0.3) is 5.91 Å². The second-order valence-corrected chi connectivity index (χ2v) is 4.54. The minimum atomic E-state index is -1.54. The summed E-state index contributed by atoms with van der Waals surface area (Å²) in [5, 5.41) is 0. The fourth-order valence-electron chi connectivity index (χ4n) is 1.83. The molecule has 98 valence electrons. The molecule has 0 saturated heterocycles. The third-order valence-corrected chi connectivity index (χ3v) is 3.08. The number of carbonyl (C=O) groups is 1. The highest BCUT2D eigenvalue weighted by atomic mass is 19.2. The quantitative estimate of drug-likeness (QED) is 0.759. The van der Waals surface area contributed by atoms with Gasteiger partial charge >= 0.3 is 0 Å². The maximum atomic E-state index is 13.1. The van der Waals surface area contributed by atoms with Crippen LogP contribution < -0.4 is 0 Å². The number of rotatable bonds is 4. The van der Waals surface area contributed by atoms with Crippen LogP contribution in [0.2, 0.25) is 0 Å². The Morgan fingerprint density at radius 1 is 1.28 bits per heavy atom. The largest absolute Gasteiger partial charge is 0.339 e. The summed E-state index contributed by atoms with van der Waals surface area (Å²) < 4.78 is 38.9. The molecule has 2 nitrogen and oxygen atoms in total. The summed E-state index contributed by atoms with van der Waals surface area (Å²) in [5.74, 6) is -4.18. The van der Waals surface area contributed by atoms with Crippen LogP contribution in [0.1, 0.15) is 30.1 Å². The second kappa shape index (κ2) is 5.00. The standard InChI is InChI=1S/C13H14F3NO/c1-2-17(7-8-3-4-8)13(18)9-5-10(14)12(16)11(15)6-9/h5-6,8H,2-4,7H2,1H3. The zero-order valence-electron chi connectivity index (χ0n) is 10.0. The van der Waals surface area contributed by atoms with Gasteiger partial charge in [-0.25, -0.2) is 13.2 Å². The number of halogens is 3. The molecular formula is C13H14F3NO. The van der Waals surface area contributed by atoms with Gasteiger partial charge in [-0.3, -0.25) is 4.79 Å². The van der Waals surface area contributed by atoms with Gasteiger partial charge in [-0.1, -0.05) is 0 Å². The molecule has 1 aliphatic carbocycles. The van der Waals surface area contributed by atoms with E-state index in [0.29, 0.717) is 19.0 Å². The summed E-state index contributed by atoms with van der Waals surface area (Å²) in [7, 11) is 0. The van der Waals surface area contributed by atoms with E-state index >= 15 is 0 Å². The van der Waals surface area contributed by atoms with E-state index in [1.807, 2.05) is 0 Å². The Bertz CT molecular complexity index is 448. The molecule has 2 rings (SSSR count). The molecule has 1 aromatic rings. The second-order valence-electron chi connectivity index (χ2n) is 4.54. The van der Waals surface area contributed by atoms with E-state index in [9.17, 15) is 18.0 Å². The van der Waals surface area contributed by atoms with E-state index in [2.05, 4.69) is 0 Å². The summed E-state index contributed by atoms with van der Waals surface area (Å²) in [4.78, 5) is 13.6. The summed E-state index contributed by atoms with van der Waals surface area (Å²) in [6.45, 7) is 2.86. The third-order valence-electron chi connectivity index (χ3n) is 3.08. The predicted octanol–water partition coefficient (Wildman–Crippen LogP) is 2.98. The van der Waals surface area contributed by atoms with Gasteiger partial charge in [-0.2, -0.15) is 0 Å². The Hall–Kier alpha value is -1.52. The van der Waals surface area contributed by atoms with Crippen LogP contribution >= 0.6 is 0 Å². The van der Waals surface area contributed by atoms with Gasteiger partial charge < -0.3 is 4.90 Å². The molecule has 0 aliphatic heterocycles. The number of nitrogens with zero attached hydrogens (tertiary/aromatic N) is 1. The van der Waals surface area contributed by atoms with Crippen LogP contribution in [0.5, 0.6) is 0 Å². The lowest BCUT2D eigenvalue weighted by Gasteiger charge is -2.20. The summed E-state index contributed by atoms with van der Waals surface area (Å²) in [5.41, 5.74) is -0.145. The topological polar surface area (TPSA) is 20.3 Å². The van der Waals surface area contributed by atoms with Crippen LogP contribution in [0.3, 0.4) is 0 Å². The van der Waals surface area contributed by atoms with Gasteiger partial charge in [-0.15, -0.1) is 0 Å². The van der Waals surface area contributed by atoms with Gasteiger partial charge in [0.1, 0.15) is 0 Å². The van der Waals surface area contributed by atoms with Crippen molar-refractivity contribution >= 4 is 5.91 Å². The molecule has 5 heteroatoms. The van der Waals surface area contributed by atoms with Gasteiger partial charge in [0.15, 0.2) is 17.5 Å². The molecule has 0 N–H and O–H groups in total. The molecule has 0 heterocycles. The Balaban J connectivity index is 2.20. The Morgan fingerprint density at radius 2 is 1.83 bits per heavy atom. The first-order chi connectivity index (χ1) is 8.52. The van der Waals surface area contributed by atoms with Crippen molar-refractivity contribution in [2.45, 2.75) is 19.8 Å². The van der Waals surface area contributed by atoms with Crippen molar-refractivity contribution in [3.05, 3.63) is 35.1 Å². The van der Waals surface area contributed by atoms with Crippen molar-refractivity contribution in [3.8, 4) is 0 Å². The number of hydrogen-bond acceptors (Lipinski definition) is 1. The highest BCUT2D eigenvalue weighted by molar-refractivity contribution is 5.94. The monoisotopic (exact) mass is 257 g/mol. The molecule has 0 unspecified atom stereocenters. The van der Waals surface area contributed by atoms with Crippen LogP contribution in [0.15, 0.2) is 12.1 Å². The predicted molar refractivity (Wildman–Crippen MR) is 60.6 cm³/mol. The molecule has 0 atom stereocenters. The Kier molecular flexibility index (Phi) is 3.59. The Morgan fingerprint density at radius 3 is 2.28 bits per heavy atom. The lowest BCUT2D eigenvalue weighted by molar-refractivity contribution is 0.0755. The maximum Gasteiger partial charge on any atom is 0.254 e. The van der Waals surface area contributed by atoms with E-state index in [1.165, 1.54) is 4.90 Å². The molecule has 0 aromatic heterocycles. The van der Waals surface area contributed by atoms with Crippen LogP contribution in [-0.2, 0) is 0 Å². The van der Waals surface area contributed by atoms with Crippen molar-refractivity contribution in [3.63, 3.8) is 0 Å². The van der Waals surface area contributed by atoms with E-state index in [-0.39, 0.29) is 5.56 Å². The molecule has 1 aliphatic rings.